The highest BCUT2D eigenvalue weighted by atomic mass is 79.9. The van der Waals surface area contributed by atoms with Gasteiger partial charge >= 0.3 is 5.97 Å². The third-order valence-electron chi connectivity index (χ3n) is 1.87. The summed E-state index contributed by atoms with van der Waals surface area (Å²) in [6, 6.07) is 8.25. The highest BCUT2D eigenvalue weighted by Gasteiger charge is 1.96. The molecule has 2 nitrogen and oxygen atoms in total. The summed E-state index contributed by atoms with van der Waals surface area (Å²) in [7, 11) is 0. The molecular formula is C11H13BrO2. The van der Waals surface area contributed by atoms with Crippen LogP contribution < -0.4 is 0 Å². The zero-order valence-electron chi connectivity index (χ0n) is 8.13. The van der Waals surface area contributed by atoms with Crippen LogP contribution in [0.1, 0.15) is 18.1 Å². The molecule has 3 heteroatoms. The van der Waals surface area contributed by atoms with Crippen molar-refractivity contribution in [2.75, 3.05) is 6.61 Å². The van der Waals surface area contributed by atoms with Gasteiger partial charge in [0.1, 0.15) is 0 Å². The summed E-state index contributed by atoms with van der Waals surface area (Å²) < 4.78 is 4.85. The average molecular weight is 257 g/mol. The second kappa shape index (κ2) is 5.81. The lowest BCUT2D eigenvalue weighted by Crippen LogP contribution is -2.03. The number of rotatable bonds is 4. The van der Waals surface area contributed by atoms with Gasteiger partial charge in [-0.05, 0) is 11.1 Å². The van der Waals surface area contributed by atoms with Crippen molar-refractivity contribution in [2.45, 2.75) is 18.7 Å². The van der Waals surface area contributed by atoms with Crippen molar-refractivity contribution in [1.29, 1.82) is 0 Å². The molecule has 0 amide bonds. The van der Waals surface area contributed by atoms with E-state index in [0.717, 1.165) is 11.8 Å². The van der Waals surface area contributed by atoms with Crippen molar-refractivity contribution < 1.29 is 9.53 Å². The van der Waals surface area contributed by atoms with E-state index < -0.39 is 0 Å². The number of benzene rings is 1. The zero-order chi connectivity index (χ0) is 10.4. The Hall–Kier alpha value is -0.830. The van der Waals surface area contributed by atoms with E-state index in [2.05, 4.69) is 40.2 Å². The minimum atomic E-state index is -0.220. The first-order valence-electron chi connectivity index (χ1n) is 4.49. The quantitative estimate of drug-likeness (QED) is 0.612. The van der Waals surface area contributed by atoms with Crippen molar-refractivity contribution in [3.05, 3.63) is 35.4 Å². The van der Waals surface area contributed by atoms with Crippen LogP contribution in [0.5, 0.6) is 0 Å². The van der Waals surface area contributed by atoms with Crippen molar-refractivity contribution in [1.82, 2.24) is 0 Å². The highest BCUT2D eigenvalue weighted by molar-refractivity contribution is 9.08. The van der Waals surface area contributed by atoms with E-state index in [-0.39, 0.29) is 5.97 Å². The summed E-state index contributed by atoms with van der Waals surface area (Å²) in [6.45, 7) is 1.89. The molecule has 1 aromatic carbocycles. The predicted octanol–water partition coefficient (Wildman–Crippen LogP) is 2.69. The molecule has 76 valence electrons. The lowest BCUT2D eigenvalue weighted by molar-refractivity contribution is -0.140. The molecular weight excluding hydrogens is 244 g/mol. The Morgan fingerprint density at radius 2 is 1.86 bits per heavy atom. The van der Waals surface area contributed by atoms with Gasteiger partial charge in [0, 0.05) is 18.7 Å². The van der Waals surface area contributed by atoms with Gasteiger partial charge in [-0.25, -0.2) is 0 Å². The number of carbonyl (C=O) groups excluding carboxylic acids is 1. The molecule has 0 saturated carbocycles. The molecule has 0 atom stereocenters. The highest BCUT2D eigenvalue weighted by Crippen LogP contribution is 2.08. The number of hydrogen-bond acceptors (Lipinski definition) is 2. The van der Waals surface area contributed by atoms with Gasteiger partial charge in [-0.3, -0.25) is 4.79 Å². The summed E-state index contributed by atoms with van der Waals surface area (Å²) in [5.74, 6) is -0.220. The Labute approximate surface area is 92.4 Å². The topological polar surface area (TPSA) is 26.3 Å². The van der Waals surface area contributed by atoms with Crippen LogP contribution >= 0.6 is 15.9 Å². The summed E-state index contributed by atoms with van der Waals surface area (Å²) in [5.41, 5.74) is 2.44. The minimum Gasteiger partial charge on any atom is -0.466 e. The molecule has 0 fully saturated rings. The maximum absolute atomic E-state index is 10.5. The van der Waals surface area contributed by atoms with Crippen LogP contribution in [0.4, 0.5) is 0 Å². The van der Waals surface area contributed by atoms with Crippen molar-refractivity contribution in [3.8, 4) is 0 Å². The second-order valence-electron chi connectivity index (χ2n) is 3.04. The number of ether oxygens (including phenoxy) is 1. The van der Waals surface area contributed by atoms with E-state index in [9.17, 15) is 4.79 Å². The molecule has 14 heavy (non-hydrogen) atoms. The minimum absolute atomic E-state index is 0.220. The monoisotopic (exact) mass is 256 g/mol. The fraction of sp³-hybridized carbons (Fsp3) is 0.364. The molecule has 0 bridgehead atoms. The molecule has 0 aliphatic rings. The SMILES string of the molecule is CC(=O)OCCc1ccc(CBr)cc1. The normalized spacial score (nSPS) is 9.86. The van der Waals surface area contributed by atoms with Gasteiger partial charge < -0.3 is 4.74 Å². The van der Waals surface area contributed by atoms with Gasteiger partial charge in [-0.2, -0.15) is 0 Å². The Morgan fingerprint density at radius 3 is 2.36 bits per heavy atom. The standard InChI is InChI=1S/C11H13BrO2/c1-9(13)14-7-6-10-2-4-11(8-12)5-3-10/h2-5H,6-8H2,1H3. The molecule has 0 aliphatic heterocycles. The number of esters is 1. The molecule has 0 N–H and O–H groups in total. The number of carbonyl (C=O) groups is 1. The first-order valence-corrected chi connectivity index (χ1v) is 5.61. The summed E-state index contributed by atoms with van der Waals surface area (Å²) in [4.78, 5) is 10.5. The van der Waals surface area contributed by atoms with Crippen LogP contribution in [0, 0.1) is 0 Å². The third kappa shape index (κ3) is 3.92. The Bertz CT molecular complexity index is 293. The van der Waals surface area contributed by atoms with Crippen LogP contribution in [0.15, 0.2) is 24.3 Å². The molecule has 0 aliphatic carbocycles. The maximum Gasteiger partial charge on any atom is 0.302 e. The lowest BCUT2D eigenvalue weighted by Gasteiger charge is -2.02. The van der Waals surface area contributed by atoms with E-state index in [1.54, 1.807) is 0 Å². The first kappa shape index (κ1) is 11.2. The Kier molecular flexibility index (Phi) is 4.66. The van der Waals surface area contributed by atoms with Gasteiger partial charge in [0.15, 0.2) is 0 Å². The number of alkyl halides is 1. The van der Waals surface area contributed by atoms with Crippen molar-refractivity contribution in [3.63, 3.8) is 0 Å². The molecule has 0 heterocycles. The third-order valence-corrected chi connectivity index (χ3v) is 2.52. The molecule has 0 unspecified atom stereocenters. The molecule has 0 radical (unpaired) electrons. The van der Waals surface area contributed by atoms with Crippen LogP contribution in [-0.4, -0.2) is 12.6 Å². The molecule has 0 aromatic heterocycles. The molecule has 1 rings (SSSR count). The zero-order valence-corrected chi connectivity index (χ0v) is 9.71. The average Bonchev–Trinajstić information content (AvgIpc) is 2.18. The van der Waals surface area contributed by atoms with E-state index in [0.29, 0.717) is 6.61 Å². The van der Waals surface area contributed by atoms with E-state index >= 15 is 0 Å². The van der Waals surface area contributed by atoms with Crippen LogP contribution in [0.3, 0.4) is 0 Å². The molecule has 0 saturated heterocycles. The smallest absolute Gasteiger partial charge is 0.302 e. The first-order chi connectivity index (χ1) is 6.72. The summed E-state index contributed by atoms with van der Waals surface area (Å²) >= 11 is 3.38. The predicted molar refractivity (Wildman–Crippen MR) is 59.4 cm³/mol. The van der Waals surface area contributed by atoms with Crippen LogP contribution in [0.2, 0.25) is 0 Å². The van der Waals surface area contributed by atoms with Crippen LogP contribution in [0.25, 0.3) is 0 Å². The van der Waals surface area contributed by atoms with Gasteiger partial charge in [-0.15, -0.1) is 0 Å². The van der Waals surface area contributed by atoms with Gasteiger partial charge in [-0.1, -0.05) is 40.2 Å². The lowest BCUT2D eigenvalue weighted by atomic mass is 10.1. The van der Waals surface area contributed by atoms with Gasteiger partial charge in [0.05, 0.1) is 6.61 Å². The largest absolute Gasteiger partial charge is 0.466 e. The number of halogens is 1. The van der Waals surface area contributed by atoms with Gasteiger partial charge in [0.2, 0.25) is 0 Å². The fourth-order valence-corrected chi connectivity index (χ4v) is 1.48. The Balaban J connectivity index is 2.40. The summed E-state index contributed by atoms with van der Waals surface area (Å²) in [5, 5.41) is 0.872. The molecule has 1 aromatic rings. The van der Waals surface area contributed by atoms with Crippen molar-refractivity contribution >= 4 is 21.9 Å². The van der Waals surface area contributed by atoms with Crippen LogP contribution in [-0.2, 0) is 21.3 Å². The van der Waals surface area contributed by atoms with Crippen molar-refractivity contribution in [2.24, 2.45) is 0 Å². The maximum atomic E-state index is 10.5. The fourth-order valence-electron chi connectivity index (χ4n) is 1.11. The van der Waals surface area contributed by atoms with Gasteiger partial charge in [0.25, 0.3) is 0 Å². The second-order valence-corrected chi connectivity index (χ2v) is 3.60. The Morgan fingerprint density at radius 1 is 1.29 bits per heavy atom. The van der Waals surface area contributed by atoms with E-state index in [1.165, 1.54) is 18.1 Å². The van der Waals surface area contributed by atoms with E-state index in [4.69, 9.17) is 4.74 Å². The van der Waals surface area contributed by atoms with E-state index in [1.807, 2.05) is 0 Å². The number of hydrogen-bond donors (Lipinski definition) is 0. The summed E-state index contributed by atoms with van der Waals surface area (Å²) in [6.07, 6.45) is 0.780. The molecule has 0 spiro atoms.